The maximum absolute atomic E-state index is 11.0. The quantitative estimate of drug-likeness (QED) is 0.645. The zero-order valence-corrected chi connectivity index (χ0v) is 11.5. The zero-order valence-electron chi connectivity index (χ0n) is 9.13. The van der Waals surface area contributed by atoms with E-state index < -0.39 is 15.1 Å². The first kappa shape index (κ1) is 12.5. The van der Waals surface area contributed by atoms with Gasteiger partial charge in [-0.2, -0.15) is 8.42 Å². The summed E-state index contributed by atoms with van der Waals surface area (Å²) >= 11 is 3.21. The number of benzene rings is 2. The molecule has 2 aromatic carbocycles. The van der Waals surface area contributed by atoms with E-state index in [0.29, 0.717) is 0 Å². The third-order valence-corrected chi connectivity index (χ3v) is 3.80. The van der Waals surface area contributed by atoms with E-state index in [1.807, 2.05) is 42.5 Å². The molecule has 0 amide bonds. The Morgan fingerprint density at radius 1 is 1.12 bits per heavy atom. The first-order chi connectivity index (χ1) is 7.96. The largest absolute Gasteiger partial charge is 0.265 e. The number of rotatable bonds is 3. The van der Waals surface area contributed by atoms with Crippen LogP contribution in [0, 0.1) is 0 Å². The second-order valence-electron chi connectivity index (χ2n) is 3.72. The van der Waals surface area contributed by atoms with E-state index in [0.717, 1.165) is 22.6 Å². The number of hydrogen-bond donors (Lipinski definition) is 0. The standard InChI is InChI=1S/C12H11BrO3S/c1-17(14,15)16-12(13)11-7-6-9-4-2-3-5-10(9)8-11/h2-8,12H,1H3. The lowest BCUT2D eigenvalue weighted by Crippen LogP contribution is -2.05. The Labute approximate surface area is 109 Å². The summed E-state index contributed by atoms with van der Waals surface area (Å²) in [6.07, 6.45) is 1.03. The molecular weight excluding hydrogens is 304 g/mol. The van der Waals surface area contributed by atoms with Crippen molar-refractivity contribution in [3.05, 3.63) is 48.0 Å². The van der Waals surface area contributed by atoms with E-state index in [1.165, 1.54) is 0 Å². The Morgan fingerprint density at radius 3 is 2.41 bits per heavy atom. The summed E-state index contributed by atoms with van der Waals surface area (Å²) in [6.45, 7) is 0. The maximum atomic E-state index is 11.0. The molecule has 0 aliphatic rings. The fourth-order valence-corrected chi connectivity index (χ4v) is 3.09. The summed E-state index contributed by atoms with van der Waals surface area (Å²) in [5, 5.41) is 1.50. The summed E-state index contributed by atoms with van der Waals surface area (Å²) in [4.78, 5) is 0. The fraction of sp³-hybridized carbons (Fsp3) is 0.167. The summed E-state index contributed by atoms with van der Waals surface area (Å²) in [6, 6.07) is 13.5. The van der Waals surface area contributed by atoms with Crippen molar-refractivity contribution in [3.8, 4) is 0 Å². The van der Waals surface area contributed by atoms with Crippen LogP contribution >= 0.6 is 15.9 Å². The van der Waals surface area contributed by atoms with Gasteiger partial charge in [-0.1, -0.05) is 52.3 Å². The summed E-state index contributed by atoms with van der Waals surface area (Å²) < 4.78 is 26.9. The highest BCUT2D eigenvalue weighted by atomic mass is 79.9. The van der Waals surface area contributed by atoms with Crippen LogP contribution in [0.2, 0.25) is 0 Å². The van der Waals surface area contributed by atoms with E-state index in [2.05, 4.69) is 15.9 Å². The Hall–Kier alpha value is -0.910. The molecule has 0 fully saturated rings. The van der Waals surface area contributed by atoms with E-state index in [9.17, 15) is 8.42 Å². The van der Waals surface area contributed by atoms with Gasteiger partial charge in [0.15, 0.2) is 5.01 Å². The second kappa shape index (κ2) is 4.76. The van der Waals surface area contributed by atoms with Gasteiger partial charge < -0.3 is 0 Å². The minimum atomic E-state index is -3.47. The van der Waals surface area contributed by atoms with Crippen LogP contribution < -0.4 is 0 Å². The molecule has 90 valence electrons. The zero-order chi connectivity index (χ0) is 12.5. The normalized spacial score (nSPS) is 13.8. The predicted octanol–water partition coefficient (Wildman–Crippen LogP) is 3.21. The van der Waals surface area contributed by atoms with E-state index in [4.69, 9.17) is 4.18 Å². The number of alkyl halides is 1. The number of fused-ring (bicyclic) bond motifs is 1. The topological polar surface area (TPSA) is 43.4 Å². The molecule has 0 aliphatic heterocycles. The smallest absolute Gasteiger partial charge is 0.250 e. The Morgan fingerprint density at radius 2 is 1.76 bits per heavy atom. The van der Waals surface area contributed by atoms with Gasteiger partial charge in [-0.15, -0.1) is 0 Å². The molecule has 0 spiro atoms. The first-order valence-electron chi connectivity index (χ1n) is 4.97. The Kier molecular flexibility index (Phi) is 3.51. The third kappa shape index (κ3) is 3.28. The van der Waals surface area contributed by atoms with Crippen LogP contribution in [0.25, 0.3) is 10.8 Å². The monoisotopic (exact) mass is 314 g/mol. The van der Waals surface area contributed by atoms with Crippen LogP contribution in [-0.2, 0) is 14.3 Å². The van der Waals surface area contributed by atoms with Crippen molar-refractivity contribution in [2.45, 2.75) is 5.01 Å². The van der Waals surface area contributed by atoms with Crippen LogP contribution in [0.15, 0.2) is 42.5 Å². The molecule has 5 heteroatoms. The first-order valence-corrected chi connectivity index (χ1v) is 7.70. The van der Waals surface area contributed by atoms with E-state index >= 15 is 0 Å². The highest BCUT2D eigenvalue weighted by Gasteiger charge is 2.14. The SMILES string of the molecule is CS(=O)(=O)OC(Br)c1ccc2ccccc2c1. The van der Waals surface area contributed by atoms with Gasteiger partial charge in [0.1, 0.15) is 0 Å². The Bertz CT molecular complexity index is 637. The molecule has 2 aromatic rings. The second-order valence-corrected chi connectivity index (χ2v) is 6.16. The third-order valence-electron chi connectivity index (χ3n) is 2.29. The van der Waals surface area contributed by atoms with Crippen LogP contribution in [0.4, 0.5) is 0 Å². The average molecular weight is 315 g/mol. The van der Waals surface area contributed by atoms with Gasteiger partial charge in [0.25, 0.3) is 10.1 Å². The summed E-state index contributed by atoms with van der Waals surface area (Å²) in [7, 11) is -3.47. The van der Waals surface area contributed by atoms with Gasteiger partial charge in [-0.25, -0.2) is 0 Å². The predicted molar refractivity (Wildman–Crippen MR) is 71.5 cm³/mol. The molecule has 0 N–H and O–H groups in total. The van der Waals surface area contributed by atoms with Crippen molar-refractivity contribution >= 4 is 36.8 Å². The molecule has 1 unspecified atom stereocenters. The van der Waals surface area contributed by atoms with Crippen molar-refractivity contribution in [1.29, 1.82) is 0 Å². The molecule has 0 bridgehead atoms. The molecule has 1 atom stereocenters. The average Bonchev–Trinajstić information content (AvgIpc) is 2.26. The fourth-order valence-electron chi connectivity index (χ4n) is 1.56. The molecule has 0 aliphatic carbocycles. The molecule has 0 aromatic heterocycles. The van der Waals surface area contributed by atoms with E-state index in [1.54, 1.807) is 0 Å². The lowest BCUT2D eigenvalue weighted by Gasteiger charge is -2.10. The van der Waals surface area contributed by atoms with Gasteiger partial charge in [-0.05, 0) is 22.4 Å². The lowest BCUT2D eigenvalue weighted by atomic mass is 10.1. The van der Waals surface area contributed by atoms with Crippen LogP contribution in [-0.4, -0.2) is 14.7 Å². The molecule has 3 nitrogen and oxygen atoms in total. The molecule has 0 radical (unpaired) electrons. The van der Waals surface area contributed by atoms with Crippen LogP contribution in [0.3, 0.4) is 0 Å². The van der Waals surface area contributed by atoms with Gasteiger partial charge in [0.2, 0.25) is 0 Å². The van der Waals surface area contributed by atoms with Gasteiger partial charge in [0.05, 0.1) is 6.26 Å². The Balaban J connectivity index is 2.36. The summed E-state index contributed by atoms with van der Waals surface area (Å²) in [5.41, 5.74) is 0.772. The molecule has 2 rings (SSSR count). The highest BCUT2D eigenvalue weighted by molar-refractivity contribution is 9.09. The van der Waals surface area contributed by atoms with Crippen molar-refractivity contribution in [3.63, 3.8) is 0 Å². The molecule has 17 heavy (non-hydrogen) atoms. The minimum absolute atomic E-state index is 0.651. The number of hydrogen-bond acceptors (Lipinski definition) is 3. The molecular formula is C12H11BrO3S. The van der Waals surface area contributed by atoms with Crippen LogP contribution in [0.5, 0.6) is 0 Å². The van der Waals surface area contributed by atoms with Crippen molar-refractivity contribution in [2.24, 2.45) is 0 Å². The molecule has 0 saturated heterocycles. The van der Waals surface area contributed by atoms with Gasteiger partial charge in [-0.3, -0.25) is 4.18 Å². The van der Waals surface area contributed by atoms with E-state index in [-0.39, 0.29) is 0 Å². The van der Waals surface area contributed by atoms with Crippen molar-refractivity contribution in [1.82, 2.24) is 0 Å². The van der Waals surface area contributed by atoms with Gasteiger partial charge in [0, 0.05) is 0 Å². The molecule has 0 saturated carbocycles. The van der Waals surface area contributed by atoms with Crippen LogP contribution in [0.1, 0.15) is 10.6 Å². The van der Waals surface area contributed by atoms with Gasteiger partial charge >= 0.3 is 0 Å². The van der Waals surface area contributed by atoms with Crippen molar-refractivity contribution in [2.75, 3.05) is 6.26 Å². The lowest BCUT2D eigenvalue weighted by molar-refractivity contribution is 0.308. The highest BCUT2D eigenvalue weighted by Crippen LogP contribution is 2.28. The minimum Gasteiger partial charge on any atom is -0.250 e. The summed E-state index contributed by atoms with van der Waals surface area (Å²) in [5.74, 6) is 0. The van der Waals surface area contributed by atoms with Crippen molar-refractivity contribution < 1.29 is 12.6 Å². The molecule has 0 heterocycles. The number of halogens is 1. The maximum Gasteiger partial charge on any atom is 0.265 e.